The van der Waals surface area contributed by atoms with Crippen molar-refractivity contribution in [3.05, 3.63) is 0 Å². The monoisotopic (exact) mass is 459 g/mol. The van der Waals surface area contributed by atoms with Gasteiger partial charge in [-0.2, -0.15) is 0 Å². The molecule has 0 atom stereocenters. The van der Waals surface area contributed by atoms with Gasteiger partial charge in [0.25, 0.3) is 0 Å². The van der Waals surface area contributed by atoms with Gasteiger partial charge in [0, 0.05) is 0 Å². The Morgan fingerprint density at radius 1 is 0.323 bits per heavy atom. The highest BCUT2D eigenvalue weighted by Gasteiger charge is 2.05. The molecule has 0 aromatic rings. The van der Waals surface area contributed by atoms with Crippen LogP contribution >= 0.6 is 0 Å². The molecule has 0 amide bonds. The maximum absolute atomic E-state index is 2.30. The summed E-state index contributed by atoms with van der Waals surface area (Å²) in [4.78, 5) is 0. The van der Waals surface area contributed by atoms with Gasteiger partial charge in [0.15, 0.2) is 0 Å². The van der Waals surface area contributed by atoms with Gasteiger partial charge in [0.05, 0.1) is 27.7 Å². The normalized spacial score (nSPS) is 11.6. The predicted molar refractivity (Wildman–Crippen MR) is 139 cm³/mol. The standard InChI is InChI=1S/C29H62N.ClH/c1-5-6-7-8-9-10-11-12-13-14-15-16-17-18-19-20-21-22-23-24-25-26-27-28-29-30(2,3)4;/h5-29H2,1-4H3;1H/q+1;/p-1. The van der Waals surface area contributed by atoms with E-state index in [9.17, 15) is 0 Å². The van der Waals surface area contributed by atoms with Crippen LogP contribution in [0.25, 0.3) is 0 Å². The minimum absolute atomic E-state index is 0. The first-order valence-electron chi connectivity index (χ1n) is 14.4. The van der Waals surface area contributed by atoms with Crippen LogP contribution in [0.5, 0.6) is 0 Å². The van der Waals surface area contributed by atoms with Gasteiger partial charge in [-0.3, -0.25) is 0 Å². The number of halogens is 1. The van der Waals surface area contributed by atoms with Gasteiger partial charge in [-0.15, -0.1) is 0 Å². The first-order valence-corrected chi connectivity index (χ1v) is 14.4. The van der Waals surface area contributed by atoms with Gasteiger partial charge in [-0.25, -0.2) is 0 Å². The lowest BCUT2D eigenvalue weighted by Crippen LogP contribution is -3.00. The fourth-order valence-corrected chi connectivity index (χ4v) is 4.55. The van der Waals surface area contributed by atoms with Gasteiger partial charge < -0.3 is 16.9 Å². The van der Waals surface area contributed by atoms with Gasteiger partial charge in [-0.1, -0.05) is 148 Å². The van der Waals surface area contributed by atoms with Crippen molar-refractivity contribution in [1.82, 2.24) is 0 Å². The molecule has 31 heavy (non-hydrogen) atoms. The first-order chi connectivity index (χ1) is 14.6. The molecule has 0 bridgehead atoms. The van der Waals surface area contributed by atoms with E-state index in [2.05, 4.69) is 28.1 Å². The van der Waals surface area contributed by atoms with Crippen molar-refractivity contribution in [1.29, 1.82) is 0 Å². The molecule has 0 aliphatic carbocycles. The highest BCUT2D eigenvalue weighted by molar-refractivity contribution is 4.51. The SMILES string of the molecule is CCCCCCCCCCCCCCCCCCCCCCCCCC[N+](C)(C)C.[Cl-]. The fourth-order valence-electron chi connectivity index (χ4n) is 4.55. The van der Waals surface area contributed by atoms with Crippen molar-refractivity contribution in [2.24, 2.45) is 0 Å². The van der Waals surface area contributed by atoms with Crippen molar-refractivity contribution in [3.63, 3.8) is 0 Å². The Bertz CT molecular complexity index is 310. The molecule has 0 fully saturated rings. The van der Waals surface area contributed by atoms with Gasteiger partial charge >= 0.3 is 0 Å². The summed E-state index contributed by atoms with van der Waals surface area (Å²) in [6, 6.07) is 0. The summed E-state index contributed by atoms with van der Waals surface area (Å²) in [6.07, 6.45) is 35.3. The topological polar surface area (TPSA) is 0 Å². The number of nitrogens with zero attached hydrogens (tertiary/aromatic N) is 1. The molecule has 0 N–H and O–H groups in total. The van der Waals surface area contributed by atoms with Crippen LogP contribution in [-0.2, 0) is 0 Å². The van der Waals surface area contributed by atoms with E-state index in [-0.39, 0.29) is 12.4 Å². The van der Waals surface area contributed by atoms with E-state index in [1.54, 1.807) is 0 Å². The molecule has 0 rings (SSSR count). The third kappa shape index (κ3) is 32.5. The van der Waals surface area contributed by atoms with E-state index >= 15 is 0 Å². The smallest absolute Gasteiger partial charge is 0.0780 e. The van der Waals surface area contributed by atoms with Gasteiger partial charge in [-0.05, 0) is 12.8 Å². The predicted octanol–water partition coefficient (Wildman–Crippen LogP) is 7.08. The Hall–Kier alpha value is 0.250. The number of quaternary nitrogens is 1. The summed E-state index contributed by atoms with van der Waals surface area (Å²) in [7, 11) is 6.91. The number of hydrogen-bond acceptors (Lipinski definition) is 0. The molecule has 0 aliphatic rings. The van der Waals surface area contributed by atoms with Crippen LogP contribution in [0.15, 0.2) is 0 Å². The molecule has 2 heteroatoms. The highest BCUT2D eigenvalue weighted by Crippen LogP contribution is 2.15. The maximum Gasteiger partial charge on any atom is 0.0780 e. The number of unbranched alkanes of at least 4 members (excludes halogenated alkanes) is 23. The van der Waals surface area contributed by atoms with E-state index in [1.807, 2.05) is 0 Å². The minimum Gasteiger partial charge on any atom is -1.00 e. The average molecular weight is 460 g/mol. The van der Waals surface area contributed by atoms with Crippen LogP contribution in [-0.4, -0.2) is 32.2 Å². The third-order valence-corrected chi connectivity index (χ3v) is 6.68. The molecule has 0 spiro atoms. The van der Waals surface area contributed by atoms with E-state index in [1.165, 1.54) is 161 Å². The summed E-state index contributed by atoms with van der Waals surface area (Å²) in [5, 5.41) is 0. The maximum atomic E-state index is 2.30. The van der Waals surface area contributed by atoms with Gasteiger partial charge in [0.1, 0.15) is 0 Å². The molecular formula is C29H62ClN. The summed E-state index contributed by atoms with van der Waals surface area (Å²) in [5.74, 6) is 0. The molecule has 0 heterocycles. The molecule has 1 nitrogen and oxygen atoms in total. The quantitative estimate of drug-likeness (QED) is 0.101. The summed E-state index contributed by atoms with van der Waals surface area (Å²) >= 11 is 0. The van der Waals surface area contributed by atoms with E-state index in [0.29, 0.717) is 0 Å². The molecular weight excluding hydrogens is 398 g/mol. The lowest BCUT2D eigenvalue weighted by atomic mass is 10.0. The van der Waals surface area contributed by atoms with Crippen molar-refractivity contribution < 1.29 is 16.9 Å². The minimum atomic E-state index is 0. The van der Waals surface area contributed by atoms with Crippen molar-refractivity contribution in [2.45, 2.75) is 161 Å². The van der Waals surface area contributed by atoms with Crippen LogP contribution in [0.3, 0.4) is 0 Å². The lowest BCUT2D eigenvalue weighted by molar-refractivity contribution is -0.870. The zero-order valence-electron chi connectivity index (χ0n) is 22.5. The molecule has 0 aromatic heterocycles. The van der Waals surface area contributed by atoms with E-state index in [4.69, 9.17) is 0 Å². The van der Waals surface area contributed by atoms with E-state index < -0.39 is 0 Å². The summed E-state index contributed by atoms with van der Waals surface area (Å²) < 4.78 is 1.12. The molecule has 0 radical (unpaired) electrons. The second kappa shape index (κ2) is 26.5. The van der Waals surface area contributed by atoms with Crippen LogP contribution in [0.2, 0.25) is 0 Å². The zero-order valence-corrected chi connectivity index (χ0v) is 23.3. The van der Waals surface area contributed by atoms with E-state index in [0.717, 1.165) is 4.48 Å². The molecule has 0 saturated carbocycles. The van der Waals surface area contributed by atoms with Crippen LogP contribution in [0, 0.1) is 0 Å². The van der Waals surface area contributed by atoms with Crippen LogP contribution in [0.1, 0.15) is 161 Å². The molecule has 190 valence electrons. The Kier molecular flexibility index (Phi) is 28.6. The third-order valence-electron chi connectivity index (χ3n) is 6.68. The zero-order chi connectivity index (χ0) is 22.2. The fraction of sp³-hybridized carbons (Fsp3) is 1.00. The molecule has 0 aromatic carbocycles. The number of rotatable bonds is 25. The van der Waals surface area contributed by atoms with Crippen molar-refractivity contribution in [2.75, 3.05) is 27.7 Å². The van der Waals surface area contributed by atoms with Crippen molar-refractivity contribution in [3.8, 4) is 0 Å². The second-order valence-electron chi connectivity index (χ2n) is 11.1. The first kappa shape index (κ1) is 33.4. The summed E-state index contributed by atoms with van der Waals surface area (Å²) in [5.41, 5.74) is 0. The summed E-state index contributed by atoms with van der Waals surface area (Å²) in [6.45, 7) is 3.64. The average Bonchev–Trinajstić information content (AvgIpc) is 2.70. The Labute approximate surface area is 205 Å². The Balaban J connectivity index is 0. The Morgan fingerprint density at radius 2 is 0.516 bits per heavy atom. The molecule has 0 aliphatic heterocycles. The molecule has 0 unspecified atom stereocenters. The largest absolute Gasteiger partial charge is 1.00 e. The number of hydrogen-bond donors (Lipinski definition) is 0. The highest BCUT2D eigenvalue weighted by atomic mass is 35.5. The molecule has 0 saturated heterocycles. The van der Waals surface area contributed by atoms with Crippen LogP contribution in [0.4, 0.5) is 0 Å². The van der Waals surface area contributed by atoms with Gasteiger partial charge in [0.2, 0.25) is 0 Å². The Morgan fingerprint density at radius 3 is 0.710 bits per heavy atom. The van der Waals surface area contributed by atoms with Crippen molar-refractivity contribution >= 4 is 0 Å². The second-order valence-corrected chi connectivity index (χ2v) is 11.1. The van der Waals surface area contributed by atoms with Crippen LogP contribution < -0.4 is 12.4 Å². The lowest BCUT2D eigenvalue weighted by Gasteiger charge is -2.23.